The fraction of sp³-hybridized carbons (Fsp3) is 0.385. The van der Waals surface area contributed by atoms with Crippen LogP contribution in [-0.4, -0.2) is 24.7 Å². The molecule has 2 heterocycles. The van der Waals surface area contributed by atoms with Crippen molar-refractivity contribution in [1.29, 1.82) is 0 Å². The lowest BCUT2D eigenvalue weighted by Crippen LogP contribution is -2.25. The van der Waals surface area contributed by atoms with Crippen LogP contribution in [0.25, 0.3) is 11.3 Å². The highest BCUT2D eigenvalue weighted by molar-refractivity contribution is 7.91. The SMILES string of the molecule is Cn1nc(-c2csc(S(=O)(=O)NCC3CC3)c2)ccc1=O. The van der Waals surface area contributed by atoms with Crippen LogP contribution in [0.2, 0.25) is 0 Å². The van der Waals surface area contributed by atoms with E-state index in [0.29, 0.717) is 23.7 Å². The van der Waals surface area contributed by atoms with Crippen LogP contribution in [0.15, 0.2) is 32.6 Å². The number of sulfonamides is 1. The number of thiophene rings is 1. The first-order valence-corrected chi connectivity index (χ1v) is 8.95. The summed E-state index contributed by atoms with van der Waals surface area (Å²) in [5, 5.41) is 5.85. The van der Waals surface area contributed by atoms with E-state index < -0.39 is 10.0 Å². The van der Waals surface area contributed by atoms with Crippen LogP contribution in [0.5, 0.6) is 0 Å². The smallest absolute Gasteiger partial charge is 0.266 e. The molecule has 0 saturated heterocycles. The van der Waals surface area contributed by atoms with Gasteiger partial charge in [0.05, 0.1) is 5.69 Å². The van der Waals surface area contributed by atoms with Crippen LogP contribution < -0.4 is 10.3 Å². The summed E-state index contributed by atoms with van der Waals surface area (Å²) in [6.07, 6.45) is 2.19. The first-order chi connectivity index (χ1) is 9.95. The van der Waals surface area contributed by atoms with Gasteiger partial charge in [0, 0.05) is 30.6 Å². The van der Waals surface area contributed by atoms with Crippen LogP contribution in [0.4, 0.5) is 0 Å². The number of hydrogen-bond acceptors (Lipinski definition) is 5. The van der Waals surface area contributed by atoms with Crippen molar-refractivity contribution in [2.24, 2.45) is 13.0 Å². The Balaban J connectivity index is 1.84. The fourth-order valence-corrected chi connectivity index (χ4v) is 4.20. The fourth-order valence-electron chi connectivity index (χ4n) is 1.87. The minimum Gasteiger partial charge on any atom is -0.268 e. The number of aryl methyl sites for hydroxylation is 1. The number of nitrogens with zero attached hydrogens (tertiary/aromatic N) is 2. The average Bonchev–Trinajstić information content (AvgIpc) is 3.14. The summed E-state index contributed by atoms with van der Waals surface area (Å²) < 4.78 is 28.4. The van der Waals surface area contributed by atoms with Gasteiger partial charge in [-0.3, -0.25) is 4.79 Å². The van der Waals surface area contributed by atoms with Crippen LogP contribution in [-0.2, 0) is 17.1 Å². The average molecular weight is 325 g/mol. The number of aromatic nitrogens is 2. The molecule has 0 amide bonds. The summed E-state index contributed by atoms with van der Waals surface area (Å²) >= 11 is 1.16. The summed E-state index contributed by atoms with van der Waals surface area (Å²) in [7, 11) is -1.89. The molecule has 0 unspecified atom stereocenters. The van der Waals surface area contributed by atoms with Gasteiger partial charge in [-0.05, 0) is 30.9 Å². The molecular weight excluding hydrogens is 310 g/mol. The second-order valence-electron chi connectivity index (χ2n) is 5.13. The topological polar surface area (TPSA) is 81.1 Å². The van der Waals surface area contributed by atoms with Gasteiger partial charge in [-0.2, -0.15) is 5.10 Å². The van der Waals surface area contributed by atoms with E-state index in [-0.39, 0.29) is 9.77 Å². The lowest BCUT2D eigenvalue weighted by Gasteiger charge is -2.02. The monoisotopic (exact) mass is 325 g/mol. The molecule has 0 aromatic carbocycles. The number of nitrogens with one attached hydrogen (secondary N) is 1. The highest BCUT2D eigenvalue weighted by Gasteiger charge is 2.25. The summed E-state index contributed by atoms with van der Waals surface area (Å²) in [5.41, 5.74) is 1.08. The largest absolute Gasteiger partial charge is 0.268 e. The maximum atomic E-state index is 12.2. The van der Waals surface area contributed by atoms with Crippen LogP contribution in [0.1, 0.15) is 12.8 Å². The highest BCUT2D eigenvalue weighted by atomic mass is 32.2. The molecule has 0 aliphatic heterocycles. The molecule has 1 fully saturated rings. The first kappa shape index (κ1) is 14.4. The van der Waals surface area contributed by atoms with Gasteiger partial charge < -0.3 is 0 Å². The van der Waals surface area contributed by atoms with Crippen molar-refractivity contribution in [3.05, 3.63) is 33.9 Å². The van der Waals surface area contributed by atoms with Crippen LogP contribution in [0.3, 0.4) is 0 Å². The lowest BCUT2D eigenvalue weighted by molar-refractivity contribution is 0.579. The van der Waals surface area contributed by atoms with Crippen molar-refractivity contribution in [3.8, 4) is 11.3 Å². The van der Waals surface area contributed by atoms with Gasteiger partial charge in [-0.25, -0.2) is 17.8 Å². The van der Waals surface area contributed by atoms with Crippen molar-refractivity contribution in [1.82, 2.24) is 14.5 Å². The molecule has 112 valence electrons. The van der Waals surface area contributed by atoms with E-state index in [1.165, 1.54) is 10.7 Å². The van der Waals surface area contributed by atoms with E-state index in [1.54, 1.807) is 24.6 Å². The summed E-state index contributed by atoms with van der Waals surface area (Å²) in [6.45, 7) is 0.508. The molecule has 0 spiro atoms. The Kier molecular flexibility index (Phi) is 3.68. The Morgan fingerprint density at radius 3 is 2.86 bits per heavy atom. The molecule has 6 nitrogen and oxygen atoms in total. The molecule has 8 heteroatoms. The normalized spacial score (nSPS) is 15.3. The third-order valence-electron chi connectivity index (χ3n) is 3.36. The summed E-state index contributed by atoms with van der Waals surface area (Å²) in [4.78, 5) is 11.3. The Hall–Kier alpha value is -1.51. The molecule has 1 aliphatic carbocycles. The minimum absolute atomic E-state index is 0.201. The number of hydrogen-bond donors (Lipinski definition) is 1. The predicted molar refractivity (Wildman–Crippen MR) is 80.7 cm³/mol. The van der Waals surface area contributed by atoms with Gasteiger partial charge >= 0.3 is 0 Å². The standard InChI is InChI=1S/C13H15N3O3S2/c1-16-12(17)5-4-11(15-16)10-6-13(20-8-10)21(18,19)14-7-9-2-3-9/h4-6,8-9,14H,2-3,7H2,1H3. The van der Waals surface area contributed by atoms with Crippen LogP contribution >= 0.6 is 11.3 Å². The maximum Gasteiger partial charge on any atom is 0.266 e. The van der Waals surface area contributed by atoms with Gasteiger partial charge in [0.15, 0.2) is 0 Å². The highest BCUT2D eigenvalue weighted by Crippen LogP contribution is 2.30. The van der Waals surface area contributed by atoms with Crippen molar-refractivity contribution >= 4 is 21.4 Å². The third-order valence-corrected chi connectivity index (χ3v) is 6.22. The Bertz CT molecular complexity index is 819. The van der Waals surface area contributed by atoms with E-state index in [9.17, 15) is 13.2 Å². The predicted octanol–water partition coefficient (Wildman–Crippen LogP) is 1.20. The molecule has 3 rings (SSSR count). The van der Waals surface area contributed by atoms with Gasteiger partial charge in [0.2, 0.25) is 10.0 Å². The maximum absolute atomic E-state index is 12.2. The van der Waals surface area contributed by atoms with Crippen molar-refractivity contribution in [3.63, 3.8) is 0 Å². The quantitative estimate of drug-likeness (QED) is 0.895. The molecule has 0 radical (unpaired) electrons. The van der Waals surface area contributed by atoms with Gasteiger partial charge in [0.25, 0.3) is 5.56 Å². The van der Waals surface area contributed by atoms with E-state index in [0.717, 1.165) is 24.2 Å². The minimum atomic E-state index is -3.45. The third kappa shape index (κ3) is 3.22. The van der Waals surface area contributed by atoms with Gasteiger partial charge in [-0.1, -0.05) is 0 Å². The molecule has 0 bridgehead atoms. The first-order valence-electron chi connectivity index (χ1n) is 6.58. The van der Waals surface area contributed by atoms with Crippen molar-refractivity contribution in [2.75, 3.05) is 6.54 Å². The Morgan fingerprint density at radius 2 is 2.19 bits per heavy atom. The number of rotatable bonds is 5. The molecule has 2 aromatic rings. The zero-order chi connectivity index (χ0) is 15.0. The molecule has 2 aromatic heterocycles. The molecular formula is C13H15N3O3S2. The Labute approximate surface area is 126 Å². The van der Waals surface area contributed by atoms with Crippen molar-refractivity contribution in [2.45, 2.75) is 17.1 Å². The van der Waals surface area contributed by atoms with Crippen LogP contribution in [0, 0.1) is 5.92 Å². The summed E-state index contributed by atoms with van der Waals surface area (Å²) in [6, 6.07) is 4.60. The molecule has 1 aliphatic rings. The Morgan fingerprint density at radius 1 is 1.43 bits per heavy atom. The second-order valence-corrected chi connectivity index (χ2v) is 8.04. The van der Waals surface area contributed by atoms with E-state index in [4.69, 9.17) is 0 Å². The second kappa shape index (κ2) is 5.36. The van der Waals surface area contributed by atoms with Gasteiger partial charge in [0.1, 0.15) is 4.21 Å². The molecule has 0 atom stereocenters. The van der Waals surface area contributed by atoms with Gasteiger partial charge in [-0.15, -0.1) is 11.3 Å². The molecule has 1 N–H and O–H groups in total. The van der Waals surface area contributed by atoms with E-state index in [1.807, 2.05) is 0 Å². The van der Waals surface area contributed by atoms with E-state index >= 15 is 0 Å². The van der Waals surface area contributed by atoms with Crippen molar-refractivity contribution < 1.29 is 8.42 Å². The molecule has 21 heavy (non-hydrogen) atoms. The van der Waals surface area contributed by atoms with E-state index in [2.05, 4.69) is 9.82 Å². The zero-order valence-electron chi connectivity index (χ0n) is 11.4. The zero-order valence-corrected chi connectivity index (χ0v) is 13.1. The summed E-state index contributed by atoms with van der Waals surface area (Å²) in [5.74, 6) is 0.490. The lowest BCUT2D eigenvalue weighted by atomic mass is 10.2. The molecule has 1 saturated carbocycles.